The van der Waals surface area contributed by atoms with Gasteiger partial charge in [0.1, 0.15) is 12.4 Å². The molecule has 1 atom stereocenters. The number of methoxy groups -OCH3 is 1. The van der Waals surface area contributed by atoms with Gasteiger partial charge in [-0.1, -0.05) is 12.1 Å². The van der Waals surface area contributed by atoms with E-state index in [-0.39, 0.29) is 12.6 Å². The summed E-state index contributed by atoms with van der Waals surface area (Å²) in [7, 11) is 1.65. The van der Waals surface area contributed by atoms with Gasteiger partial charge >= 0.3 is 0 Å². The Morgan fingerprint density at radius 3 is 2.53 bits per heavy atom. The Morgan fingerprint density at radius 1 is 1.24 bits per heavy atom. The van der Waals surface area contributed by atoms with Gasteiger partial charge in [0.25, 0.3) is 0 Å². The molecule has 4 nitrogen and oxygen atoms in total. The molecule has 0 fully saturated rings. The normalized spacial score (nSPS) is 12.4. The third kappa shape index (κ3) is 5.17. The maximum atomic E-state index is 8.73. The molecule has 0 saturated heterocycles. The molecule has 0 spiro atoms. The van der Waals surface area contributed by atoms with Crippen LogP contribution in [-0.2, 0) is 4.74 Å². The Labute approximate surface area is 103 Å². The zero-order chi connectivity index (χ0) is 12.5. The fourth-order valence-corrected chi connectivity index (χ4v) is 1.49. The second-order valence-corrected chi connectivity index (χ2v) is 3.81. The largest absolute Gasteiger partial charge is 0.491 e. The Hall–Kier alpha value is -1.10. The molecule has 0 saturated carbocycles. The molecule has 0 aromatic heterocycles. The number of rotatable bonds is 8. The van der Waals surface area contributed by atoms with Crippen molar-refractivity contribution in [2.24, 2.45) is 0 Å². The maximum absolute atomic E-state index is 8.73. The van der Waals surface area contributed by atoms with Crippen molar-refractivity contribution in [1.82, 2.24) is 5.32 Å². The van der Waals surface area contributed by atoms with Crippen LogP contribution in [0.15, 0.2) is 24.3 Å². The van der Waals surface area contributed by atoms with E-state index >= 15 is 0 Å². The molecule has 1 rings (SSSR count). The van der Waals surface area contributed by atoms with Crippen LogP contribution in [0.3, 0.4) is 0 Å². The number of hydrogen-bond donors (Lipinski definition) is 2. The summed E-state index contributed by atoms with van der Waals surface area (Å²) in [6.07, 6.45) is 0. The lowest BCUT2D eigenvalue weighted by atomic mass is 10.1. The molecule has 1 aromatic rings. The molecule has 0 bridgehead atoms. The molecular weight excluding hydrogens is 218 g/mol. The SMILES string of the molecule is COCCOc1ccc(C(C)NCCO)cc1. The quantitative estimate of drug-likeness (QED) is 0.672. The molecule has 2 N–H and O–H groups in total. The van der Waals surface area contributed by atoms with Crippen LogP contribution in [-0.4, -0.2) is 38.6 Å². The van der Waals surface area contributed by atoms with Gasteiger partial charge in [-0.15, -0.1) is 0 Å². The highest BCUT2D eigenvalue weighted by molar-refractivity contribution is 5.28. The smallest absolute Gasteiger partial charge is 0.119 e. The van der Waals surface area contributed by atoms with E-state index in [1.165, 1.54) is 5.56 Å². The van der Waals surface area contributed by atoms with Gasteiger partial charge in [-0.2, -0.15) is 0 Å². The highest BCUT2D eigenvalue weighted by Gasteiger charge is 2.03. The minimum atomic E-state index is 0.155. The summed E-state index contributed by atoms with van der Waals surface area (Å²) in [6.45, 7) is 3.98. The summed E-state index contributed by atoms with van der Waals surface area (Å²) in [5.41, 5.74) is 1.18. The number of benzene rings is 1. The molecule has 1 aromatic carbocycles. The van der Waals surface area contributed by atoms with Gasteiger partial charge in [0.05, 0.1) is 13.2 Å². The molecule has 0 heterocycles. The van der Waals surface area contributed by atoms with E-state index in [1.54, 1.807) is 7.11 Å². The van der Waals surface area contributed by atoms with Crippen molar-refractivity contribution >= 4 is 0 Å². The predicted octanol–water partition coefficient (Wildman–Crippen LogP) is 1.35. The van der Waals surface area contributed by atoms with E-state index in [0.717, 1.165) is 5.75 Å². The molecule has 96 valence electrons. The number of aliphatic hydroxyl groups is 1. The monoisotopic (exact) mass is 239 g/mol. The van der Waals surface area contributed by atoms with E-state index < -0.39 is 0 Å². The number of nitrogens with one attached hydrogen (secondary N) is 1. The van der Waals surface area contributed by atoms with Crippen molar-refractivity contribution in [2.75, 3.05) is 33.5 Å². The van der Waals surface area contributed by atoms with Gasteiger partial charge < -0.3 is 19.9 Å². The van der Waals surface area contributed by atoms with Crippen molar-refractivity contribution in [3.63, 3.8) is 0 Å². The maximum Gasteiger partial charge on any atom is 0.119 e. The lowest BCUT2D eigenvalue weighted by Gasteiger charge is -2.14. The van der Waals surface area contributed by atoms with Crippen LogP contribution in [0.1, 0.15) is 18.5 Å². The minimum absolute atomic E-state index is 0.155. The number of ether oxygens (including phenoxy) is 2. The summed E-state index contributed by atoms with van der Waals surface area (Å²) in [5, 5.41) is 11.9. The van der Waals surface area contributed by atoms with Crippen LogP contribution < -0.4 is 10.1 Å². The third-order valence-electron chi connectivity index (χ3n) is 2.50. The zero-order valence-corrected chi connectivity index (χ0v) is 10.5. The zero-order valence-electron chi connectivity index (χ0n) is 10.5. The first-order valence-electron chi connectivity index (χ1n) is 5.84. The molecule has 4 heteroatoms. The van der Waals surface area contributed by atoms with Crippen molar-refractivity contribution in [3.05, 3.63) is 29.8 Å². The van der Waals surface area contributed by atoms with Crippen LogP contribution >= 0.6 is 0 Å². The van der Waals surface area contributed by atoms with Gasteiger partial charge in [-0.25, -0.2) is 0 Å². The molecule has 17 heavy (non-hydrogen) atoms. The van der Waals surface area contributed by atoms with Gasteiger partial charge in [-0.3, -0.25) is 0 Å². The Morgan fingerprint density at radius 2 is 1.94 bits per heavy atom. The van der Waals surface area contributed by atoms with E-state index in [0.29, 0.717) is 19.8 Å². The Bertz CT molecular complexity index is 300. The third-order valence-corrected chi connectivity index (χ3v) is 2.50. The summed E-state index contributed by atoms with van der Waals surface area (Å²) >= 11 is 0. The first-order chi connectivity index (χ1) is 8.27. The van der Waals surface area contributed by atoms with E-state index in [1.807, 2.05) is 24.3 Å². The molecular formula is C13H21NO3. The van der Waals surface area contributed by atoms with Crippen molar-refractivity contribution < 1.29 is 14.6 Å². The van der Waals surface area contributed by atoms with Crippen molar-refractivity contribution in [2.45, 2.75) is 13.0 Å². The average molecular weight is 239 g/mol. The van der Waals surface area contributed by atoms with Gasteiger partial charge in [0.15, 0.2) is 0 Å². The molecule has 0 aliphatic rings. The highest BCUT2D eigenvalue weighted by atomic mass is 16.5. The fraction of sp³-hybridized carbons (Fsp3) is 0.538. The lowest BCUT2D eigenvalue weighted by Crippen LogP contribution is -2.21. The van der Waals surface area contributed by atoms with Crippen LogP contribution in [0.2, 0.25) is 0 Å². The summed E-state index contributed by atoms with van der Waals surface area (Å²) in [5.74, 6) is 0.847. The van der Waals surface area contributed by atoms with Gasteiger partial charge in [0, 0.05) is 19.7 Å². The second-order valence-electron chi connectivity index (χ2n) is 3.81. The molecule has 0 radical (unpaired) electrons. The Balaban J connectivity index is 2.43. The van der Waals surface area contributed by atoms with Gasteiger partial charge in [0.2, 0.25) is 0 Å². The summed E-state index contributed by atoms with van der Waals surface area (Å²) < 4.78 is 10.4. The van der Waals surface area contributed by atoms with Crippen molar-refractivity contribution in [1.29, 1.82) is 0 Å². The first-order valence-corrected chi connectivity index (χ1v) is 5.84. The van der Waals surface area contributed by atoms with Crippen LogP contribution in [0.25, 0.3) is 0 Å². The van der Waals surface area contributed by atoms with Crippen LogP contribution in [0.5, 0.6) is 5.75 Å². The highest BCUT2D eigenvalue weighted by Crippen LogP contribution is 2.17. The molecule has 0 aliphatic heterocycles. The van der Waals surface area contributed by atoms with Gasteiger partial charge in [-0.05, 0) is 24.6 Å². The lowest BCUT2D eigenvalue weighted by molar-refractivity contribution is 0.146. The number of hydrogen-bond acceptors (Lipinski definition) is 4. The van der Waals surface area contributed by atoms with E-state index in [9.17, 15) is 0 Å². The molecule has 0 aliphatic carbocycles. The summed E-state index contributed by atoms with van der Waals surface area (Å²) in [6, 6.07) is 8.17. The molecule has 1 unspecified atom stereocenters. The standard InChI is InChI=1S/C13H21NO3/c1-11(14-7-8-15)12-3-5-13(6-4-12)17-10-9-16-2/h3-6,11,14-15H,7-10H2,1-2H3. The van der Waals surface area contributed by atoms with E-state index in [4.69, 9.17) is 14.6 Å². The number of aliphatic hydroxyl groups excluding tert-OH is 1. The Kier molecular flexibility index (Phi) is 6.62. The van der Waals surface area contributed by atoms with E-state index in [2.05, 4.69) is 12.2 Å². The van der Waals surface area contributed by atoms with Crippen molar-refractivity contribution in [3.8, 4) is 5.75 Å². The van der Waals surface area contributed by atoms with Crippen LogP contribution in [0, 0.1) is 0 Å². The first kappa shape index (κ1) is 14.0. The van der Waals surface area contributed by atoms with Crippen LogP contribution in [0.4, 0.5) is 0 Å². The minimum Gasteiger partial charge on any atom is -0.491 e. The topological polar surface area (TPSA) is 50.7 Å². The average Bonchev–Trinajstić information content (AvgIpc) is 2.37. The fourth-order valence-electron chi connectivity index (χ4n) is 1.49. The summed E-state index contributed by atoms with van der Waals surface area (Å²) in [4.78, 5) is 0. The predicted molar refractivity (Wildman–Crippen MR) is 67.3 cm³/mol. The molecule has 0 amide bonds. The second kappa shape index (κ2) is 8.06.